The van der Waals surface area contributed by atoms with Gasteiger partial charge in [0.15, 0.2) is 13.1 Å². The molecule has 2 amide bonds. The molecule has 0 saturated heterocycles. The Morgan fingerprint density at radius 2 is 1.72 bits per heavy atom. The van der Waals surface area contributed by atoms with Gasteiger partial charge in [0, 0.05) is 10.6 Å². The maximum absolute atomic E-state index is 12.0. The first-order chi connectivity index (χ1) is 11.7. The normalized spacial score (nSPS) is 12.4. The summed E-state index contributed by atoms with van der Waals surface area (Å²) in [5.74, 6) is 0.557. The van der Waals surface area contributed by atoms with Crippen molar-refractivity contribution >= 4 is 23.4 Å². The Labute approximate surface area is 154 Å². The lowest BCUT2D eigenvalue weighted by Crippen LogP contribution is -3.14. The molecule has 1 aromatic carbocycles. The standard InChI is InChI=1S/C18H28ClN3O3/c1-5-22(13-17(24)21-18(2,3)4)12-16(23)20-10-11-25-15-8-6-14(19)7-9-15/h6-9H,5,10-13H2,1-4H3,(H,20,23)(H,21,24)/p+1. The van der Waals surface area contributed by atoms with E-state index in [9.17, 15) is 9.59 Å². The van der Waals surface area contributed by atoms with E-state index in [0.29, 0.717) is 30.5 Å². The van der Waals surface area contributed by atoms with Crippen molar-refractivity contribution in [3.05, 3.63) is 29.3 Å². The van der Waals surface area contributed by atoms with Crippen molar-refractivity contribution in [2.45, 2.75) is 33.2 Å². The molecule has 1 aromatic rings. The van der Waals surface area contributed by atoms with Crippen LogP contribution in [0, 0.1) is 0 Å². The number of quaternary nitrogens is 1. The van der Waals surface area contributed by atoms with E-state index in [1.165, 1.54) is 0 Å². The summed E-state index contributed by atoms with van der Waals surface area (Å²) in [6.07, 6.45) is 0. The van der Waals surface area contributed by atoms with Gasteiger partial charge in [0.2, 0.25) is 0 Å². The largest absolute Gasteiger partial charge is 0.492 e. The van der Waals surface area contributed by atoms with E-state index < -0.39 is 0 Å². The molecule has 1 unspecified atom stereocenters. The molecule has 0 aliphatic carbocycles. The maximum Gasteiger partial charge on any atom is 0.275 e. The highest BCUT2D eigenvalue weighted by Crippen LogP contribution is 2.14. The Morgan fingerprint density at radius 1 is 1.12 bits per heavy atom. The first-order valence-corrected chi connectivity index (χ1v) is 8.87. The highest BCUT2D eigenvalue weighted by Gasteiger charge is 2.20. The Kier molecular flexibility index (Phi) is 8.72. The maximum atomic E-state index is 12.0. The summed E-state index contributed by atoms with van der Waals surface area (Å²) < 4.78 is 5.52. The zero-order valence-corrected chi connectivity index (χ0v) is 16.2. The highest BCUT2D eigenvalue weighted by molar-refractivity contribution is 6.30. The number of ether oxygens (including phenoxy) is 1. The summed E-state index contributed by atoms with van der Waals surface area (Å²) in [6.45, 7) is 9.78. The smallest absolute Gasteiger partial charge is 0.275 e. The number of halogens is 1. The van der Waals surface area contributed by atoms with Gasteiger partial charge in [0.1, 0.15) is 12.4 Å². The van der Waals surface area contributed by atoms with Crippen molar-refractivity contribution in [1.82, 2.24) is 10.6 Å². The molecule has 0 radical (unpaired) electrons. The van der Waals surface area contributed by atoms with Crippen molar-refractivity contribution in [3.8, 4) is 5.75 Å². The van der Waals surface area contributed by atoms with Crippen molar-refractivity contribution in [2.75, 3.05) is 32.8 Å². The predicted octanol–water partition coefficient (Wildman–Crippen LogP) is 0.655. The second kappa shape index (κ2) is 10.3. The molecule has 0 heterocycles. The van der Waals surface area contributed by atoms with Gasteiger partial charge in [-0.3, -0.25) is 9.59 Å². The third-order valence-electron chi connectivity index (χ3n) is 3.34. The van der Waals surface area contributed by atoms with Crippen LogP contribution in [0.5, 0.6) is 5.75 Å². The molecule has 6 nitrogen and oxygen atoms in total. The third kappa shape index (κ3) is 9.94. The summed E-state index contributed by atoms with van der Waals surface area (Å²) >= 11 is 5.80. The average Bonchev–Trinajstić information content (AvgIpc) is 2.50. The summed E-state index contributed by atoms with van der Waals surface area (Å²) in [6, 6.07) is 7.06. The molecule has 0 spiro atoms. The summed E-state index contributed by atoms with van der Waals surface area (Å²) in [5, 5.41) is 6.37. The number of benzene rings is 1. The van der Waals surface area contributed by atoms with E-state index in [1.807, 2.05) is 27.7 Å². The van der Waals surface area contributed by atoms with Gasteiger partial charge in [-0.1, -0.05) is 11.6 Å². The summed E-state index contributed by atoms with van der Waals surface area (Å²) in [5.41, 5.74) is -0.267. The van der Waals surface area contributed by atoms with Crippen LogP contribution in [-0.4, -0.2) is 50.1 Å². The zero-order chi connectivity index (χ0) is 18.9. The lowest BCUT2D eigenvalue weighted by atomic mass is 10.1. The minimum absolute atomic E-state index is 0.0526. The molecule has 0 fully saturated rings. The second-order valence-electron chi connectivity index (χ2n) is 6.91. The molecule has 0 bridgehead atoms. The van der Waals surface area contributed by atoms with E-state index in [4.69, 9.17) is 16.3 Å². The first kappa shape index (κ1) is 21.3. The number of rotatable bonds is 9. The van der Waals surface area contributed by atoms with E-state index >= 15 is 0 Å². The van der Waals surface area contributed by atoms with Crippen LogP contribution in [0.2, 0.25) is 5.02 Å². The molecule has 0 aliphatic heterocycles. The molecule has 0 aromatic heterocycles. The lowest BCUT2D eigenvalue weighted by molar-refractivity contribution is -0.881. The number of likely N-dealkylation sites (N-methyl/N-ethyl adjacent to an activating group) is 1. The van der Waals surface area contributed by atoms with E-state index in [2.05, 4.69) is 10.6 Å². The third-order valence-corrected chi connectivity index (χ3v) is 3.59. The van der Waals surface area contributed by atoms with Crippen LogP contribution in [0.15, 0.2) is 24.3 Å². The molecule has 0 saturated carbocycles. The Balaban J connectivity index is 2.26. The van der Waals surface area contributed by atoms with Crippen LogP contribution < -0.4 is 20.3 Å². The predicted molar refractivity (Wildman–Crippen MR) is 99.1 cm³/mol. The van der Waals surface area contributed by atoms with Gasteiger partial charge < -0.3 is 20.3 Å². The number of carbonyl (C=O) groups is 2. The van der Waals surface area contributed by atoms with Crippen LogP contribution in [0.1, 0.15) is 27.7 Å². The van der Waals surface area contributed by atoms with Crippen molar-refractivity contribution in [3.63, 3.8) is 0 Å². The summed E-state index contributed by atoms with van der Waals surface area (Å²) in [7, 11) is 0. The van der Waals surface area contributed by atoms with E-state index in [0.717, 1.165) is 4.90 Å². The minimum Gasteiger partial charge on any atom is -0.492 e. The van der Waals surface area contributed by atoms with Crippen LogP contribution in [0.25, 0.3) is 0 Å². The van der Waals surface area contributed by atoms with Crippen LogP contribution in [0.4, 0.5) is 0 Å². The van der Waals surface area contributed by atoms with Crippen LogP contribution in [0.3, 0.4) is 0 Å². The fourth-order valence-electron chi connectivity index (χ4n) is 2.18. The van der Waals surface area contributed by atoms with E-state index in [1.54, 1.807) is 24.3 Å². The van der Waals surface area contributed by atoms with Gasteiger partial charge >= 0.3 is 0 Å². The molecule has 7 heteroatoms. The van der Waals surface area contributed by atoms with Crippen molar-refractivity contribution in [1.29, 1.82) is 0 Å². The van der Waals surface area contributed by atoms with Gasteiger partial charge in [-0.15, -0.1) is 0 Å². The summed E-state index contributed by atoms with van der Waals surface area (Å²) in [4.78, 5) is 24.9. The van der Waals surface area contributed by atoms with Gasteiger partial charge in [-0.05, 0) is 52.0 Å². The Bertz CT molecular complexity index is 556. The molecule has 1 atom stereocenters. The quantitative estimate of drug-likeness (QED) is 0.559. The lowest BCUT2D eigenvalue weighted by Gasteiger charge is -2.23. The SMILES string of the molecule is CC[NH+](CC(=O)NCCOc1ccc(Cl)cc1)CC(=O)NC(C)(C)C. The van der Waals surface area contributed by atoms with E-state index in [-0.39, 0.29) is 30.4 Å². The molecule has 1 rings (SSSR count). The molecule has 140 valence electrons. The zero-order valence-electron chi connectivity index (χ0n) is 15.4. The van der Waals surface area contributed by atoms with Gasteiger partial charge in [0.05, 0.1) is 13.1 Å². The Hall–Kier alpha value is -1.79. The number of hydrogen-bond acceptors (Lipinski definition) is 3. The first-order valence-electron chi connectivity index (χ1n) is 8.49. The fraction of sp³-hybridized carbons (Fsp3) is 0.556. The molecule has 3 N–H and O–H groups in total. The molecular formula is C18H29ClN3O3+. The monoisotopic (exact) mass is 370 g/mol. The van der Waals surface area contributed by atoms with Crippen LogP contribution >= 0.6 is 11.6 Å². The number of amides is 2. The molecular weight excluding hydrogens is 342 g/mol. The average molecular weight is 371 g/mol. The number of hydrogen-bond donors (Lipinski definition) is 3. The Morgan fingerprint density at radius 3 is 2.28 bits per heavy atom. The van der Waals surface area contributed by atoms with Crippen LogP contribution in [-0.2, 0) is 9.59 Å². The molecule has 25 heavy (non-hydrogen) atoms. The van der Waals surface area contributed by atoms with Crippen molar-refractivity contribution < 1.29 is 19.2 Å². The number of nitrogens with one attached hydrogen (secondary N) is 3. The molecule has 0 aliphatic rings. The van der Waals surface area contributed by atoms with Crippen molar-refractivity contribution in [2.24, 2.45) is 0 Å². The fourth-order valence-corrected chi connectivity index (χ4v) is 2.31. The topological polar surface area (TPSA) is 71.9 Å². The second-order valence-corrected chi connectivity index (χ2v) is 7.34. The van der Waals surface area contributed by atoms with Gasteiger partial charge in [-0.2, -0.15) is 0 Å². The minimum atomic E-state index is -0.267. The van der Waals surface area contributed by atoms with Gasteiger partial charge in [0.25, 0.3) is 11.8 Å². The van der Waals surface area contributed by atoms with Gasteiger partial charge in [-0.25, -0.2) is 0 Å². The highest BCUT2D eigenvalue weighted by atomic mass is 35.5. The number of carbonyl (C=O) groups excluding carboxylic acids is 2.